The Balaban J connectivity index is 2.54. The number of hydrogen-bond donors (Lipinski definition) is 1. The lowest BCUT2D eigenvalue weighted by atomic mass is 10.2. The van der Waals surface area contributed by atoms with Crippen molar-refractivity contribution in [2.75, 3.05) is 12.8 Å². The summed E-state index contributed by atoms with van der Waals surface area (Å²) in [7, 11) is 2.04. The second kappa shape index (κ2) is 5.79. The summed E-state index contributed by atoms with van der Waals surface area (Å²) in [6, 6.07) is 2.79. The van der Waals surface area contributed by atoms with Crippen molar-refractivity contribution < 1.29 is 0 Å². The minimum atomic E-state index is 0.507. The van der Waals surface area contributed by atoms with Crippen molar-refractivity contribution in [3.63, 3.8) is 0 Å². The summed E-state index contributed by atoms with van der Waals surface area (Å²) in [5, 5.41) is 6.35. The SMILES string of the molecule is CNC(CSC(C)C)c1csc(C)c1. The van der Waals surface area contributed by atoms with Gasteiger partial charge >= 0.3 is 0 Å². The van der Waals surface area contributed by atoms with Gasteiger partial charge in [-0.2, -0.15) is 11.8 Å². The van der Waals surface area contributed by atoms with E-state index in [1.54, 1.807) is 0 Å². The summed E-state index contributed by atoms with van der Waals surface area (Å²) in [4.78, 5) is 1.40. The van der Waals surface area contributed by atoms with Gasteiger partial charge in [-0.25, -0.2) is 0 Å². The molecule has 1 aromatic rings. The van der Waals surface area contributed by atoms with Gasteiger partial charge in [-0.1, -0.05) is 13.8 Å². The lowest BCUT2D eigenvalue weighted by Gasteiger charge is -2.15. The monoisotopic (exact) mass is 229 g/mol. The largest absolute Gasteiger partial charge is 0.312 e. The molecule has 1 nitrogen and oxygen atoms in total. The number of nitrogens with one attached hydrogen (secondary N) is 1. The van der Waals surface area contributed by atoms with Crippen LogP contribution < -0.4 is 5.32 Å². The van der Waals surface area contributed by atoms with E-state index in [0.29, 0.717) is 11.3 Å². The molecule has 0 fully saturated rings. The molecular weight excluding hydrogens is 210 g/mol. The van der Waals surface area contributed by atoms with Crippen LogP contribution in [-0.2, 0) is 0 Å². The minimum Gasteiger partial charge on any atom is -0.312 e. The van der Waals surface area contributed by atoms with Gasteiger partial charge in [0.25, 0.3) is 0 Å². The first-order valence-electron chi connectivity index (χ1n) is 4.97. The molecule has 1 heterocycles. The van der Waals surface area contributed by atoms with Crippen molar-refractivity contribution in [3.8, 4) is 0 Å². The van der Waals surface area contributed by atoms with Crippen LogP contribution in [0.25, 0.3) is 0 Å². The van der Waals surface area contributed by atoms with Crippen molar-refractivity contribution in [1.29, 1.82) is 0 Å². The van der Waals surface area contributed by atoms with Crippen molar-refractivity contribution in [2.45, 2.75) is 32.1 Å². The first-order chi connectivity index (χ1) is 6.63. The molecule has 0 saturated heterocycles. The van der Waals surface area contributed by atoms with Crippen molar-refractivity contribution >= 4 is 23.1 Å². The van der Waals surface area contributed by atoms with E-state index < -0.39 is 0 Å². The second-order valence-electron chi connectivity index (χ2n) is 3.71. The Morgan fingerprint density at radius 1 is 1.50 bits per heavy atom. The third-order valence-electron chi connectivity index (χ3n) is 2.10. The first-order valence-corrected chi connectivity index (χ1v) is 6.90. The van der Waals surface area contributed by atoms with Crippen LogP contribution in [0.3, 0.4) is 0 Å². The molecule has 0 aromatic carbocycles. The quantitative estimate of drug-likeness (QED) is 0.830. The smallest absolute Gasteiger partial charge is 0.0417 e. The van der Waals surface area contributed by atoms with Gasteiger partial charge in [0.05, 0.1) is 0 Å². The molecule has 0 aliphatic rings. The van der Waals surface area contributed by atoms with Crippen LogP contribution in [-0.4, -0.2) is 18.1 Å². The van der Waals surface area contributed by atoms with Crippen LogP contribution in [0.1, 0.15) is 30.3 Å². The normalized spacial score (nSPS) is 13.5. The Morgan fingerprint density at radius 2 is 2.21 bits per heavy atom. The number of rotatable bonds is 5. The third kappa shape index (κ3) is 3.64. The maximum atomic E-state index is 3.37. The Labute approximate surface area is 95.3 Å². The fourth-order valence-electron chi connectivity index (χ4n) is 1.28. The lowest BCUT2D eigenvalue weighted by Crippen LogP contribution is -2.18. The predicted molar refractivity (Wildman–Crippen MR) is 68.5 cm³/mol. The third-order valence-corrected chi connectivity index (χ3v) is 4.17. The molecule has 0 amide bonds. The van der Waals surface area contributed by atoms with Crippen LogP contribution in [0.5, 0.6) is 0 Å². The van der Waals surface area contributed by atoms with E-state index in [1.807, 2.05) is 30.1 Å². The topological polar surface area (TPSA) is 12.0 Å². The Kier molecular flexibility index (Phi) is 4.99. The maximum Gasteiger partial charge on any atom is 0.0417 e. The highest BCUT2D eigenvalue weighted by Gasteiger charge is 2.11. The zero-order valence-corrected chi connectivity index (χ0v) is 11.0. The molecule has 14 heavy (non-hydrogen) atoms. The molecule has 0 saturated carbocycles. The molecule has 1 unspecified atom stereocenters. The van der Waals surface area contributed by atoms with Crippen LogP contribution >= 0.6 is 23.1 Å². The van der Waals surface area contributed by atoms with E-state index in [4.69, 9.17) is 0 Å². The molecule has 0 aliphatic carbocycles. The molecule has 1 rings (SSSR count). The molecular formula is C11H19NS2. The molecule has 80 valence electrons. The standard InChI is InChI=1S/C11H19NS2/c1-8(2)13-7-11(12-4)10-5-9(3)14-6-10/h5-6,8,11-12H,7H2,1-4H3. The average molecular weight is 229 g/mol. The zero-order chi connectivity index (χ0) is 10.6. The predicted octanol–water partition coefficient (Wildman–Crippen LogP) is 3.46. The summed E-state index contributed by atoms with van der Waals surface area (Å²) in [6.45, 7) is 6.66. The van der Waals surface area contributed by atoms with Gasteiger partial charge in [0.2, 0.25) is 0 Å². The Hall–Kier alpha value is 0.0100. The highest BCUT2D eigenvalue weighted by atomic mass is 32.2. The highest BCUT2D eigenvalue weighted by Crippen LogP contribution is 2.24. The van der Waals surface area contributed by atoms with E-state index in [-0.39, 0.29) is 0 Å². The first kappa shape index (κ1) is 12.1. The Bertz CT molecular complexity index is 268. The van der Waals surface area contributed by atoms with Crippen LogP contribution in [0, 0.1) is 6.92 Å². The molecule has 0 radical (unpaired) electrons. The minimum absolute atomic E-state index is 0.507. The van der Waals surface area contributed by atoms with Gasteiger partial charge in [0, 0.05) is 16.7 Å². The fraction of sp³-hybridized carbons (Fsp3) is 0.636. The maximum absolute atomic E-state index is 3.37. The highest BCUT2D eigenvalue weighted by molar-refractivity contribution is 7.99. The van der Waals surface area contributed by atoms with E-state index in [0.717, 1.165) is 5.75 Å². The number of hydrogen-bond acceptors (Lipinski definition) is 3. The summed E-state index contributed by atoms with van der Waals surface area (Å²) >= 11 is 3.84. The van der Waals surface area contributed by atoms with Gasteiger partial charge in [-0.05, 0) is 36.2 Å². The summed E-state index contributed by atoms with van der Waals surface area (Å²) in [5.41, 5.74) is 1.43. The Morgan fingerprint density at radius 3 is 2.64 bits per heavy atom. The summed E-state index contributed by atoms with van der Waals surface area (Å²) < 4.78 is 0. The van der Waals surface area contributed by atoms with Crippen LogP contribution in [0.15, 0.2) is 11.4 Å². The fourth-order valence-corrected chi connectivity index (χ4v) is 2.98. The van der Waals surface area contributed by atoms with E-state index in [9.17, 15) is 0 Å². The van der Waals surface area contributed by atoms with Crippen molar-refractivity contribution in [1.82, 2.24) is 5.32 Å². The molecule has 3 heteroatoms. The van der Waals surface area contributed by atoms with Gasteiger partial charge in [-0.3, -0.25) is 0 Å². The van der Waals surface area contributed by atoms with Gasteiger partial charge < -0.3 is 5.32 Å². The van der Waals surface area contributed by atoms with E-state index in [1.165, 1.54) is 10.4 Å². The van der Waals surface area contributed by atoms with Crippen molar-refractivity contribution in [2.24, 2.45) is 0 Å². The van der Waals surface area contributed by atoms with Gasteiger partial charge in [0.1, 0.15) is 0 Å². The molecule has 0 bridgehead atoms. The average Bonchev–Trinajstić information content (AvgIpc) is 2.53. The molecule has 0 spiro atoms. The van der Waals surface area contributed by atoms with Gasteiger partial charge in [0.15, 0.2) is 0 Å². The van der Waals surface area contributed by atoms with Crippen LogP contribution in [0.2, 0.25) is 0 Å². The van der Waals surface area contributed by atoms with Crippen molar-refractivity contribution in [3.05, 3.63) is 21.9 Å². The molecule has 1 aromatic heterocycles. The number of thioether (sulfide) groups is 1. The van der Waals surface area contributed by atoms with Gasteiger partial charge in [-0.15, -0.1) is 11.3 Å². The summed E-state index contributed by atoms with van der Waals surface area (Å²) in [6.07, 6.45) is 0. The number of thiophene rings is 1. The number of aryl methyl sites for hydroxylation is 1. The van der Waals surface area contributed by atoms with Crippen LogP contribution in [0.4, 0.5) is 0 Å². The molecule has 1 atom stereocenters. The lowest BCUT2D eigenvalue weighted by molar-refractivity contribution is 0.663. The molecule has 0 aliphatic heterocycles. The molecule has 1 N–H and O–H groups in total. The van der Waals surface area contributed by atoms with E-state index >= 15 is 0 Å². The van der Waals surface area contributed by atoms with E-state index in [2.05, 4.69) is 37.5 Å². The summed E-state index contributed by atoms with van der Waals surface area (Å²) in [5.74, 6) is 1.16. The second-order valence-corrected chi connectivity index (χ2v) is 6.44. The zero-order valence-electron chi connectivity index (χ0n) is 9.33.